The highest BCUT2D eigenvalue weighted by atomic mass is 35.5. The smallest absolute Gasteiger partial charge is 0.311 e. The van der Waals surface area contributed by atoms with Crippen LogP contribution in [0.1, 0.15) is 11.5 Å². The summed E-state index contributed by atoms with van der Waals surface area (Å²) in [4.78, 5) is 22.4. The fourth-order valence-electron chi connectivity index (χ4n) is 1.48. The molecule has 0 atom stereocenters. The molecule has 0 aliphatic heterocycles. The van der Waals surface area contributed by atoms with Crippen LogP contribution >= 0.6 is 11.6 Å². The monoisotopic (exact) mass is 279 g/mol. The number of hydrogen-bond donors (Lipinski definition) is 1. The lowest BCUT2D eigenvalue weighted by molar-refractivity contribution is -0.384. The standard InChI is InChI=1S/C11H10ClN5O2/c1-7-13-5-4-8(15-7)6-14-11-9(17(18)19)2-3-10(12)16-11/h2-5H,6H2,1H3,(H,14,16). The number of aromatic nitrogens is 3. The molecule has 0 aliphatic rings. The summed E-state index contributed by atoms with van der Waals surface area (Å²) in [5, 5.41) is 13.9. The van der Waals surface area contributed by atoms with E-state index in [-0.39, 0.29) is 16.7 Å². The van der Waals surface area contributed by atoms with Gasteiger partial charge in [-0.25, -0.2) is 15.0 Å². The molecule has 7 nitrogen and oxygen atoms in total. The Balaban J connectivity index is 2.19. The second-order valence-electron chi connectivity index (χ2n) is 3.71. The molecule has 2 aromatic rings. The van der Waals surface area contributed by atoms with Crippen LogP contribution in [0.25, 0.3) is 0 Å². The van der Waals surface area contributed by atoms with Crippen molar-refractivity contribution in [3.8, 4) is 0 Å². The van der Waals surface area contributed by atoms with Gasteiger partial charge in [0.05, 0.1) is 17.2 Å². The average Bonchev–Trinajstić information content (AvgIpc) is 2.36. The Hall–Kier alpha value is -2.28. The topological polar surface area (TPSA) is 93.8 Å². The number of nitrogens with zero attached hydrogens (tertiary/aromatic N) is 4. The van der Waals surface area contributed by atoms with Gasteiger partial charge in [-0.1, -0.05) is 11.6 Å². The van der Waals surface area contributed by atoms with Gasteiger partial charge in [-0.2, -0.15) is 0 Å². The average molecular weight is 280 g/mol. The fourth-order valence-corrected chi connectivity index (χ4v) is 1.63. The summed E-state index contributed by atoms with van der Waals surface area (Å²) in [5.74, 6) is 0.751. The fraction of sp³-hybridized carbons (Fsp3) is 0.182. The van der Waals surface area contributed by atoms with E-state index < -0.39 is 4.92 Å². The lowest BCUT2D eigenvalue weighted by Crippen LogP contribution is -2.07. The van der Waals surface area contributed by atoms with Gasteiger partial charge in [-0.15, -0.1) is 0 Å². The normalized spacial score (nSPS) is 10.2. The molecule has 0 saturated carbocycles. The Labute approximate surface area is 113 Å². The van der Waals surface area contributed by atoms with Gasteiger partial charge in [-0.05, 0) is 19.1 Å². The summed E-state index contributed by atoms with van der Waals surface area (Å²) < 4.78 is 0. The number of rotatable bonds is 4. The summed E-state index contributed by atoms with van der Waals surface area (Å²) in [5.41, 5.74) is 0.582. The van der Waals surface area contributed by atoms with Crippen molar-refractivity contribution in [1.29, 1.82) is 0 Å². The van der Waals surface area contributed by atoms with E-state index in [1.165, 1.54) is 12.1 Å². The Kier molecular flexibility index (Phi) is 3.86. The highest BCUT2D eigenvalue weighted by molar-refractivity contribution is 6.29. The molecule has 0 aromatic carbocycles. The molecule has 0 aliphatic carbocycles. The lowest BCUT2D eigenvalue weighted by atomic mass is 10.3. The maximum atomic E-state index is 10.9. The first-order valence-corrected chi connectivity index (χ1v) is 5.77. The van der Waals surface area contributed by atoms with E-state index in [0.717, 1.165) is 0 Å². The molecule has 0 amide bonds. The first-order chi connectivity index (χ1) is 9.06. The molecule has 2 aromatic heterocycles. The molecule has 0 fully saturated rings. The van der Waals surface area contributed by atoms with Gasteiger partial charge in [0.1, 0.15) is 11.0 Å². The van der Waals surface area contributed by atoms with E-state index >= 15 is 0 Å². The highest BCUT2D eigenvalue weighted by Gasteiger charge is 2.15. The van der Waals surface area contributed by atoms with Crippen LogP contribution in [0.5, 0.6) is 0 Å². The second-order valence-corrected chi connectivity index (χ2v) is 4.09. The third kappa shape index (κ3) is 3.35. The van der Waals surface area contributed by atoms with Crippen LogP contribution in [0, 0.1) is 17.0 Å². The molecule has 0 spiro atoms. The minimum absolute atomic E-state index is 0.119. The number of halogens is 1. The summed E-state index contributed by atoms with van der Waals surface area (Å²) >= 11 is 5.73. The summed E-state index contributed by atoms with van der Waals surface area (Å²) in [7, 11) is 0. The van der Waals surface area contributed by atoms with Crippen molar-refractivity contribution < 1.29 is 4.92 Å². The molecule has 98 valence electrons. The van der Waals surface area contributed by atoms with Crippen LogP contribution in [0.4, 0.5) is 11.5 Å². The van der Waals surface area contributed by atoms with E-state index in [9.17, 15) is 10.1 Å². The molecule has 0 unspecified atom stereocenters. The van der Waals surface area contributed by atoms with Gasteiger partial charge < -0.3 is 5.32 Å². The molecule has 8 heteroatoms. The maximum absolute atomic E-state index is 10.9. The number of anilines is 1. The van der Waals surface area contributed by atoms with E-state index in [2.05, 4.69) is 20.3 Å². The van der Waals surface area contributed by atoms with Gasteiger partial charge >= 0.3 is 5.69 Å². The zero-order chi connectivity index (χ0) is 13.8. The molecule has 0 radical (unpaired) electrons. The van der Waals surface area contributed by atoms with Gasteiger partial charge in [0.15, 0.2) is 0 Å². The summed E-state index contributed by atoms with van der Waals surface area (Å²) in [6.45, 7) is 2.07. The van der Waals surface area contributed by atoms with Gasteiger partial charge in [-0.3, -0.25) is 10.1 Å². The molecule has 0 bridgehead atoms. The molecule has 2 rings (SSSR count). The van der Waals surface area contributed by atoms with Crippen LogP contribution in [0.15, 0.2) is 24.4 Å². The largest absolute Gasteiger partial charge is 0.359 e. The predicted octanol–water partition coefficient (Wildman–Crippen LogP) is 2.35. The van der Waals surface area contributed by atoms with E-state index in [4.69, 9.17) is 11.6 Å². The van der Waals surface area contributed by atoms with Crippen molar-refractivity contribution in [3.63, 3.8) is 0 Å². The van der Waals surface area contributed by atoms with E-state index in [1.54, 1.807) is 19.2 Å². The minimum Gasteiger partial charge on any atom is -0.359 e. The molecular formula is C11H10ClN5O2. The number of nitrogens with one attached hydrogen (secondary N) is 1. The van der Waals surface area contributed by atoms with E-state index in [0.29, 0.717) is 18.1 Å². The Morgan fingerprint density at radius 1 is 1.37 bits per heavy atom. The molecule has 0 saturated heterocycles. The van der Waals surface area contributed by atoms with Crippen LogP contribution in [-0.2, 0) is 6.54 Å². The summed E-state index contributed by atoms with van der Waals surface area (Å²) in [6.07, 6.45) is 1.62. The van der Waals surface area contributed by atoms with Crippen molar-refractivity contribution in [2.24, 2.45) is 0 Å². The molecule has 2 heterocycles. The van der Waals surface area contributed by atoms with Gasteiger partial charge in [0.2, 0.25) is 5.82 Å². The van der Waals surface area contributed by atoms with Crippen molar-refractivity contribution in [2.75, 3.05) is 5.32 Å². The minimum atomic E-state index is -0.517. The first-order valence-electron chi connectivity index (χ1n) is 5.39. The Morgan fingerprint density at radius 2 is 2.16 bits per heavy atom. The molecular weight excluding hydrogens is 270 g/mol. The number of hydrogen-bond acceptors (Lipinski definition) is 6. The SMILES string of the molecule is Cc1nccc(CNc2nc(Cl)ccc2[N+](=O)[O-])n1. The van der Waals surface area contributed by atoms with Gasteiger partial charge in [0, 0.05) is 12.3 Å². The highest BCUT2D eigenvalue weighted by Crippen LogP contribution is 2.24. The van der Waals surface area contributed by atoms with Crippen LogP contribution < -0.4 is 5.32 Å². The maximum Gasteiger partial charge on any atom is 0.311 e. The molecule has 19 heavy (non-hydrogen) atoms. The first kappa shape index (κ1) is 13.2. The second kappa shape index (κ2) is 5.57. The lowest BCUT2D eigenvalue weighted by Gasteiger charge is -2.06. The van der Waals surface area contributed by atoms with Crippen molar-refractivity contribution in [1.82, 2.24) is 15.0 Å². The zero-order valence-corrected chi connectivity index (χ0v) is 10.8. The quantitative estimate of drug-likeness (QED) is 0.524. The Morgan fingerprint density at radius 3 is 2.84 bits per heavy atom. The molecule has 1 N–H and O–H groups in total. The summed E-state index contributed by atoms with van der Waals surface area (Å²) in [6, 6.07) is 4.40. The predicted molar refractivity (Wildman–Crippen MR) is 70.0 cm³/mol. The van der Waals surface area contributed by atoms with Crippen LogP contribution in [0.2, 0.25) is 5.15 Å². The van der Waals surface area contributed by atoms with Crippen molar-refractivity contribution >= 4 is 23.1 Å². The van der Waals surface area contributed by atoms with Crippen molar-refractivity contribution in [2.45, 2.75) is 13.5 Å². The number of aryl methyl sites for hydroxylation is 1. The third-order valence-corrected chi connectivity index (χ3v) is 2.52. The van der Waals surface area contributed by atoms with E-state index in [1.807, 2.05) is 0 Å². The van der Waals surface area contributed by atoms with Crippen LogP contribution in [0.3, 0.4) is 0 Å². The third-order valence-electron chi connectivity index (χ3n) is 2.31. The van der Waals surface area contributed by atoms with Crippen molar-refractivity contribution in [3.05, 3.63) is 51.2 Å². The zero-order valence-electron chi connectivity index (χ0n) is 10.00. The Bertz CT molecular complexity index is 620. The number of pyridine rings is 1. The van der Waals surface area contributed by atoms with Gasteiger partial charge in [0.25, 0.3) is 0 Å². The van der Waals surface area contributed by atoms with Crippen LogP contribution in [-0.4, -0.2) is 19.9 Å². The number of nitro groups is 1.